The largest absolute Gasteiger partial charge is 0.449 e. The van der Waals surface area contributed by atoms with E-state index in [0.717, 1.165) is 6.26 Å². The first kappa shape index (κ1) is 20.2. The van der Waals surface area contributed by atoms with E-state index >= 15 is 0 Å². The van der Waals surface area contributed by atoms with Crippen LogP contribution in [-0.4, -0.2) is 42.7 Å². The summed E-state index contributed by atoms with van der Waals surface area (Å²) in [4.78, 5) is 36.8. The maximum absolute atomic E-state index is 12.5. The van der Waals surface area contributed by atoms with E-state index in [2.05, 4.69) is 14.9 Å². The summed E-state index contributed by atoms with van der Waals surface area (Å²) in [5, 5.41) is 6.58. The van der Waals surface area contributed by atoms with Crippen molar-refractivity contribution >= 4 is 38.2 Å². The molecule has 1 aromatic heterocycles. The molecule has 0 unspecified atom stereocenters. The minimum Gasteiger partial charge on any atom is -0.449 e. The maximum atomic E-state index is 12.5. The zero-order valence-electron chi connectivity index (χ0n) is 15.5. The van der Waals surface area contributed by atoms with Gasteiger partial charge in [-0.25, -0.2) is 18.3 Å². The van der Waals surface area contributed by atoms with Crippen molar-refractivity contribution in [2.75, 3.05) is 11.0 Å². The molecule has 3 aromatic rings. The summed E-state index contributed by atoms with van der Waals surface area (Å²) in [5.41, 5.74) is -0.00198. The van der Waals surface area contributed by atoms with Gasteiger partial charge in [0.25, 0.3) is 5.56 Å². The van der Waals surface area contributed by atoms with E-state index in [1.54, 1.807) is 24.3 Å². The van der Waals surface area contributed by atoms with Crippen LogP contribution < -0.4 is 10.3 Å². The van der Waals surface area contributed by atoms with Crippen LogP contribution in [0, 0.1) is 0 Å². The number of nitrogens with one attached hydrogen (secondary N) is 2. The number of esters is 1. The van der Waals surface area contributed by atoms with E-state index in [9.17, 15) is 22.8 Å². The van der Waals surface area contributed by atoms with Gasteiger partial charge in [0.1, 0.15) is 0 Å². The summed E-state index contributed by atoms with van der Waals surface area (Å²) in [6, 6.07) is 12.1. The van der Waals surface area contributed by atoms with Gasteiger partial charge in [0.05, 0.1) is 11.6 Å². The molecule has 2 N–H and O–H groups in total. The number of fused-ring (bicyclic) bond motifs is 1. The first-order valence-electron chi connectivity index (χ1n) is 8.46. The number of carbonyl (C=O) groups excluding carboxylic acids is 2. The van der Waals surface area contributed by atoms with E-state index in [4.69, 9.17) is 4.74 Å². The van der Waals surface area contributed by atoms with Crippen molar-refractivity contribution in [2.45, 2.75) is 13.0 Å². The highest BCUT2D eigenvalue weighted by Gasteiger charge is 2.23. The summed E-state index contributed by atoms with van der Waals surface area (Å²) in [6.07, 6.45) is -0.106. The quantitative estimate of drug-likeness (QED) is 0.462. The summed E-state index contributed by atoms with van der Waals surface area (Å²) in [6.45, 7) is 1.41. The second kappa shape index (κ2) is 7.84. The molecule has 0 spiro atoms. The molecule has 0 aliphatic rings. The number of anilines is 1. The van der Waals surface area contributed by atoms with Gasteiger partial charge in [-0.05, 0) is 37.3 Å². The predicted octanol–water partition coefficient (Wildman–Crippen LogP) is 1.72. The van der Waals surface area contributed by atoms with Gasteiger partial charge in [0.15, 0.2) is 11.8 Å². The molecule has 1 heterocycles. The molecule has 1 atom stereocenters. The molecular weight excluding hydrogens is 398 g/mol. The number of aromatic nitrogens is 2. The first-order chi connectivity index (χ1) is 13.7. The minimum absolute atomic E-state index is 0.104. The van der Waals surface area contributed by atoms with Gasteiger partial charge in [-0.15, -0.1) is 0 Å². The zero-order valence-corrected chi connectivity index (χ0v) is 16.3. The Bertz CT molecular complexity index is 1250. The third kappa shape index (κ3) is 4.66. The third-order valence-electron chi connectivity index (χ3n) is 4.02. The molecule has 0 bridgehead atoms. The standard InChI is InChI=1S/C19H17N3O6S/c1-11(17(23)12-7-9-13(10-8-12)22-29(2,26)27)28-19(25)16-14-5-3-4-6-15(14)18(24)21-20-16/h3-11,22H,1-2H3,(H,21,24)/t11-/m0/s1. The molecule has 29 heavy (non-hydrogen) atoms. The summed E-state index contributed by atoms with van der Waals surface area (Å²) in [5.74, 6) is -1.33. The Morgan fingerprint density at radius 3 is 2.31 bits per heavy atom. The van der Waals surface area contributed by atoms with Crippen LogP contribution >= 0.6 is 0 Å². The number of aromatic amines is 1. The zero-order chi connectivity index (χ0) is 21.2. The monoisotopic (exact) mass is 415 g/mol. The van der Waals surface area contributed by atoms with Crippen LogP contribution in [0.4, 0.5) is 5.69 Å². The number of benzene rings is 2. The van der Waals surface area contributed by atoms with Crippen LogP contribution in [0.15, 0.2) is 53.3 Å². The van der Waals surface area contributed by atoms with E-state index in [1.807, 2.05) is 0 Å². The SMILES string of the molecule is C[C@H](OC(=O)c1n[nH]c(=O)c2ccccc12)C(=O)c1ccc(NS(C)(=O)=O)cc1. The number of H-pyrrole nitrogens is 1. The number of carbonyl (C=O) groups is 2. The fourth-order valence-corrected chi connectivity index (χ4v) is 3.26. The molecule has 0 fully saturated rings. The van der Waals surface area contributed by atoms with E-state index < -0.39 is 33.4 Å². The highest BCUT2D eigenvalue weighted by atomic mass is 32.2. The van der Waals surface area contributed by atoms with Crippen molar-refractivity contribution in [3.05, 3.63) is 70.1 Å². The van der Waals surface area contributed by atoms with Gasteiger partial charge in [-0.3, -0.25) is 14.3 Å². The van der Waals surface area contributed by atoms with Crippen LogP contribution in [-0.2, 0) is 14.8 Å². The number of ether oxygens (including phenoxy) is 1. The molecule has 10 heteroatoms. The van der Waals surface area contributed by atoms with E-state index in [0.29, 0.717) is 11.1 Å². The number of hydrogen-bond acceptors (Lipinski definition) is 7. The van der Waals surface area contributed by atoms with Crippen molar-refractivity contribution in [2.24, 2.45) is 0 Å². The predicted molar refractivity (Wildman–Crippen MR) is 106 cm³/mol. The van der Waals surface area contributed by atoms with Gasteiger partial charge < -0.3 is 4.74 Å². The molecule has 0 saturated carbocycles. The molecule has 2 aromatic carbocycles. The number of sulfonamides is 1. The minimum atomic E-state index is -3.43. The topological polar surface area (TPSA) is 135 Å². The first-order valence-corrected chi connectivity index (χ1v) is 10.4. The molecule has 3 rings (SSSR count). The fraction of sp³-hybridized carbons (Fsp3) is 0.158. The molecular formula is C19H17N3O6S. The Kier molecular flexibility index (Phi) is 5.46. The summed E-state index contributed by atoms with van der Waals surface area (Å²) < 4.78 is 30.0. The van der Waals surface area contributed by atoms with Crippen LogP contribution in [0.5, 0.6) is 0 Å². The lowest BCUT2D eigenvalue weighted by Crippen LogP contribution is -2.26. The van der Waals surface area contributed by atoms with Crippen molar-refractivity contribution in [3.63, 3.8) is 0 Å². The lowest BCUT2D eigenvalue weighted by Gasteiger charge is -2.13. The smallest absolute Gasteiger partial charge is 0.360 e. The van der Waals surface area contributed by atoms with E-state index in [1.165, 1.54) is 31.2 Å². The summed E-state index contributed by atoms with van der Waals surface area (Å²) in [7, 11) is -3.43. The highest BCUT2D eigenvalue weighted by molar-refractivity contribution is 7.92. The molecule has 0 aliphatic heterocycles. The Labute approximate surface area is 165 Å². The number of nitrogens with zero attached hydrogens (tertiary/aromatic N) is 1. The van der Waals surface area contributed by atoms with E-state index in [-0.39, 0.29) is 16.6 Å². The number of Topliss-reactive ketones (excluding diaryl/α,β-unsaturated/α-hetero) is 1. The van der Waals surface area contributed by atoms with Crippen molar-refractivity contribution in [1.29, 1.82) is 0 Å². The van der Waals surface area contributed by atoms with Gasteiger partial charge in [-0.2, -0.15) is 5.10 Å². The lowest BCUT2D eigenvalue weighted by molar-refractivity contribution is 0.0314. The molecule has 0 radical (unpaired) electrons. The Morgan fingerprint density at radius 1 is 1.07 bits per heavy atom. The number of hydrogen-bond donors (Lipinski definition) is 2. The van der Waals surface area contributed by atoms with Crippen LogP contribution in [0.25, 0.3) is 10.8 Å². The number of rotatable bonds is 6. The number of ketones is 1. The molecule has 0 aliphatic carbocycles. The molecule has 150 valence electrons. The van der Waals surface area contributed by atoms with Crippen LogP contribution in [0.2, 0.25) is 0 Å². The average molecular weight is 415 g/mol. The van der Waals surface area contributed by atoms with Crippen LogP contribution in [0.3, 0.4) is 0 Å². The maximum Gasteiger partial charge on any atom is 0.360 e. The van der Waals surface area contributed by atoms with Crippen molar-refractivity contribution in [1.82, 2.24) is 10.2 Å². The highest BCUT2D eigenvalue weighted by Crippen LogP contribution is 2.16. The fourth-order valence-electron chi connectivity index (χ4n) is 2.69. The molecule has 0 amide bonds. The third-order valence-corrected chi connectivity index (χ3v) is 4.62. The Balaban J connectivity index is 1.77. The van der Waals surface area contributed by atoms with Crippen molar-refractivity contribution in [3.8, 4) is 0 Å². The lowest BCUT2D eigenvalue weighted by atomic mass is 10.1. The normalized spacial score (nSPS) is 12.3. The van der Waals surface area contributed by atoms with Crippen LogP contribution in [0.1, 0.15) is 27.8 Å². The molecule has 9 nitrogen and oxygen atoms in total. The Hall–Kier alpha value is -3.53. The average Bonchev–Trinajstić information content (AvgIpc) is 2.67. The van der Waals surface area contributed by atoms with Gasteiger partial charge in [0, 0.05) is 16.6 Å². The molecule has 0 saturated heterocycles. The second-order valence-corrected chi connectivity index (χ2v) is 8.06. The van der Waals surface area contributed by atoms with Crippen molar-refractivity contribution < 1.29 is 22.7 Å². The Morgan fingerprint density at radius 2 is 1.69 bits per heavy atom. The van der Waals surface area contributed by atoms with Gasteiger partial charge >= 0.3 is 5.97 Å². The van der Waals surface area contributed by atoms with Gasteiger partial charge in [-0.1, -0.05) is 18.2 Å². The second-order valence-electron chi connectivity index (χ2n) is 6.31. The summed E-state index contributed by atoms with van der Waals surface area (Å²) >= 11 is 0. The van der Waals surface area contributed by atoms with Gasteiger partial charge in [0.2, 0.25) is 15.8 Å².